The zero-order valence-corrected chi connectivity index (χ0v) is 10.4. The van der Waals surface area contributed by atoms with Crippen molar-refractivity contribution in [3.63, 3.8) is 0 Å². The van der Waals surface area contributed by atoms with E-state index in [4.69, 9.17) is 4.74 Å². The molecule has 1 aliphatic heterocycles. The second kappa shape index (κ2) is 4.86. The molecule has 0 aromatic heterocycles. The molecule has 5 nitrogen and oxygen atoms in total. The highest BCUT2D eigenvalue weighted by Crippen LogP contribution is 2.40. The summed E-state index contributed by atoms with van der Waals surface area (Å²) in [6.07, 6.45) is -0.697. The molecule has 0 saturated carbocycles. The van der Waals surface area contributed by atoms with Gasteiger partial charge in [-0.25, -0.2) is 0 Å². The largest absolute Gasteiger partial charge is 0.356 e. The number of Topliss-reactive ketones (excluding diaryl/α,β-unsaturated/α-hetero) is 1. The van der Waals surface area contributed by atoms with Crippen LogP contribution in [0.5, 0.6) is 0 Å². The van der Waals surface area contributed by atoms with E-state index in [0.29, 0.717) is 5.56 Å². The minimum atomic E-state index is -0.491. The number of nitro benzene ring substituents is 1. The molecule has 0 amide bonds. The number of hydrogen-bond acceptors (Lipinski definition) is 4. The molecule has 2 atom stereocenters. The van der Waals surface area contributed by atoms with E-state index in [9.17, 15) is 14.9 Å². The number of rotatable bonds is 4. The molecule has 2 aromatic rings. The monoisotopic (exact) mass is 269 g/mol. The quantitative estimate of drug-likeness (QED) is 0.370. The Morgan fingerprint density at radius 3 is 2.30 bits per heavy atom. The average molecular weight is 269 g/mol. The maximum absolute atomic E-state index is 12.2. The summed E-state index contributed by atoms with van der Waals surface area (Å²) in [4.78, 5) is 22.2. The van der Waals surface area contributed by atoms with Crippen LogP contribution in [0, 0.1) is 10.1 Å². The van der Waals surface area contributed by atoms with E-state index in [1.807, 2.05) is 30.3 Å². The van der Waals surface area contributed by atoms with E-state index in [2.05, 4.69) is 0 Å². The number of ketones is 1. The summed E-state index contributed by atoms with van der Waals surface area (Å²) in [6.45, 7) is 0. The maximum Gasteiger partial charge on any atom is 0.269 e. The number of benzene rings is 2. The van der Waals surface area contributed by atoms with E-state index in [1.165, 1.54) is 24.3 Å². The molecule has 20 heavy (non-hydrogen) atoms. The lowest BCUT2D eigenvalue weighted by Gasteiger charge is -1.98. The highest BCUT2D eigenvalue weighted by atomic mass is 16.6. The summed E-state index contributed by atoms with van der Waals surface area (Å²) in [5, 5.41) is 10.6. The minimum Gasteiger partial charge on any atom is -0.356 e. The number of hydrogen-bond donors (Lipinski definition) is 0. The lowest BCUT2D eigenvalue weighted by Crippen LogP contribution is -2.08. The van der Waals surface area contributed by atoms with Gasteiger partial charge in [0.15, 0.2) is 11.9 Å². The first kappa shape index (κ1) is 12.5. The Kier molecular flexibility index (Phi) is 3.04. The van der Waals surface area contributed by atoms with Crippen molar-refractivity contribution >= 4 is 11.5 Å². The summed E-state index contributed by atoms with van der Waals surface area (Å²) in [7, 11) is 0. The van der Waals surface area contributed by atoms with Crippen molar-refractivity contribution in [3.05, 3.63) is 75.8 Å². The molecule has 0 aliphatic carbocycles. The Morgan fingerprint density at radius 2 is 1.70 bits per heavy atom. The normalized spacial score (nSPS) is 20.4. The Labute approximate surface area is 115 Å². The lowest BCUT2D eigenvalue weighted by molar-refractivity contribution is -0.384. The van der Waals surface area contributed by atoms with Crippen LogP contribution in [0.2, 0.25) is 0 Å². The third-order valence-electron chi connectivity index (χ3n) is 3.24. The molecule has 0 spiro atoms. The molecular weight excluding hydrogens is 258 g/mol. The molecule has 1 fully saturated rings. The van der Waals surface area contributed by atoms with Crippen LogP contribution in [-0.2, 0) is 4.74 Å². The van der Waals surface area contributed by atoms with Gasteiger partial charge < -0.3 is 4.74 Å². The van der Waals surface area contributed by atoms with Gasteiger partial charge in [-0.05, 0) is 17.7 Å². The van der Waals surface area contributed by atoms with Gasteiger partial charge in [0, 0.05) is 17.7 Å². The summed E-state index contributed by atoms with van der Waals surface area (Å²) < 4.78 is 5.41. The number of nitro groups is 1. The number of epoxide rings is 1. The zero-order valence-electron chi connectivity index (χ0n) is 10.4. The predicted octanol–water partition coefficient (Wildman–Crippen LogP) is 2.92. The van der Waals surface area contributed by atoms with Crippen molar-refractivity contribution < 1.29 is 14.5 Å². The van der Waals surface area contributed by atoms with Crippen LogP contribution in [0.15, 0.2) is 54.6 Å². The number of carbonyl (C=O) groups excluding carboxylic acids is 1. The van der Waals surface area contributed by atoms with Crippen LogP contribution in [0.1, 0.15) is 22.0 Å². The maximum atomic E-state index is 12.2. The zero-order chi connectivity index (χ0) is 14.1. The van der Waals surface area contributed by atoms with Gasteiger partial charge >= 0.3 is 0 Å². The molecular formula is C15H11NO4. The second-order valence-corrected chi connectivity index (χ2v) is 4.56. The van der Waals surface area contributed by atoms with E-state index in [1.54, 1.807) is 0 Å². The van der Waals surface area contributed by atoms with Crippen LogP contribution in [0.3, 0.4) is 0 Å². The second-order valence-electron chi connectivity index (χ2n) is 4.56. The summed E-state index contributed by atoms with van der Waals surface area (Å²) in [5.74, 6) is -0.145. The molecule has 100 valence electrons. The first-order chi connectivity index (χ1) is 9.66. The summed E-state index contributed by atoms with van der Waals surface area (Å²) in [6, 6.07) is 15.1. The molecule has 1 saturated heterocycles. The molecule has 3 rings (SSSR count). The number of non-ortho nitro benzene ring substituents is 1. The summed E-state index contributed by atoms with van der Waals surface area (Å²) in [5.41, 5.74) is 1.37. The molecule has 0 N–H and O–H groups in total. The third kappa shape index (κ3) is 2.31. The fourth-order valence-electron chi connectivity index (χ4n) is 2.12. The van der Waals surface area contributed by atoms with E-state index in [0.717, 1.165) is 5.56 Å². The molecule has 5 heteroatoms. The molecule has 0 bridgehead atoms. The van der Waals surface area contributed by atoms with Gasteiger partial charge in [0.2, 0.25) is 0 Å². The van der Waals surface area contributed by atoms with Gasteiger partial charge in [-0.15, -0.1) is 0 Å². The Hall–Kier alpha value is -2.53. The molecule has 1 heterocycles. The average Bonchev–Trinajstić information content (AvgIpc) is 3.28. The van der Waals surface area contributed by atoms with E-state index in [-0.39, 0.29) is 17.6 Å². The van der Waals surface area contributed by atoms with Gasteiger partial charge in [0.05, 0.1) is 4.92 Å². The standard InChI is InChI=1S/C15H11NO4/c17-13(10-6-8-12(9-7-10)16(18)19)15-14(20-15)11-4-2-1-3-5-11/h1-9,14-15H/t14-,15-/m0/s1. The topological polar surface area (TPSA) is 72.7 Å². The van der Waals surface area contributed by atoms with Gasteiger partial charge in [-0.2, -0.15) is 0 Å². The number of carbonyl (C=O) groups is 1. The van der Waals surface area contributed by atoms with Crippen molar-refractivity contribution in [1.82, 2.24) is 0 Å². The third-order valence-corrected chi connectivity index (χ3v) is 3.24. The number of ether oxygens (including phenoxy) is 1. The Balaban J connectivity index is 1.73. The highest BCUT2D eigenvalue weighted by molar-refractivity contribution is 6.01. The van der Waals surface area contributed by atoms with Crippen LogP contribution in [-0.4, -0.2) is 16.8 Å². The Bertz CT molecular complexity index is 651. The highest BCUT2D eigenvalue weighted by Gasteiger charge is 2.46. The fraction of sp³-hybridized carbons (Fsp3) is 0.133. The predicted molar refractivity (Wildman–Crippen MR) is 71.5 cm³/mol. The van der Waals surface area contributed by atoms with Crippen LogP contribution in [0.25, 0.3) is 0 Å². The van der Waals surface area contributed by atoms with Gasteiger partial charge in [-0.1, -0.05) is 30.3 Å². The molecule has 0 unspecified atom stereocenters. The van der Waals surface area contributed by atoms with Crippen molar-refractivity contribution in [2.45, 2.75) is 12.2 Å². The van der Waals surface area contributed by atoms with Crippen LogP contribution in [0.4, 0.5) is 5.69 Å². The van der Waals surface area contributed by atoms with Gasteiger partial charge in [0.1, 0.15) is 6.10 Å². The summed E-state index contributed by atoms with van der Waals surface area (Å²) >= 11 is 0. The van der Waals surface area contributed by atoms with Gasteiger partial charge in [0.25, 0.3) is 5.69 Å². The first-order valence-electron chi connectivity index (χ1n) is 6.16. The van der Waals surface area contributed by atoms with Crippen molar-refractivity contribution in [1.29, 1.82) is 0 Å². The fourth-order valence-corrected chi connectivity index (χ4v) is 2.12. The Morgan fingerprint density at radius 1 is 1.05 bits per heavy atom. The van der Waals surface area contributed by atoms with Crippen LogP contribution < -0.4 is 0 Å². The SMILES string of the molecule is O=C(c1ccc([N+](=O)[O-])cc1)[C@@H]1O[C@H]1c1ccccc1. The molecule has 1 aliphatic rings. The lowest BCUT2D eigenvalue weighted by atomic mass is 10.0. The van der Waals surface area contributed by atoms with E-state index >= 15 is 0 Å². The molecule has 2 aromatic carbocycles. The van der Waals surface area contributed by atoms with E-state index < -0.39 is 11.0 Å². The smallest absolute Gasteiger partial charge is 0.269 e. The van der Waals surface area contributed by atoms with Crippen molar-refractivity contribution in [2.75, 3.05) is 0 Å². The van der Waals surface area contributed by atoms with Crippen LogP contribution >= 0.6 is 0 Å². The van der Waals surface area contributed by atoms with Gasteiger partial charge in [-0.3, -0.25) is 14.9 Å². The molecule has 0 radical (unpaired) electrons. The van der Waals surface area contributed by atoms with Crippen molar-refractivity contribution in [2.24, 2.45) is 0 Å². The first-order valence-corrected chi connectivity index (χ1v) is 6.16. The number of nitrogens with zero attached hydrogens (tertiary/aromatic N) is 1. The minimum absolute atomic E-state index is 0.0297. The van der Waals surface area contributed by atoms with Crippen molar-refractivity contribution in [3.8, 4) is 0 Å².